The molecule has 1 N–H and O–H groups in total. The first-order valence-electron chi connectivity index (χ1n) is 5.06. The van der Waals surface area contributed by atoms with Gasteiger partial charge in [0.25, 0.3) is 5.91 Å². The largest absolute Gasteiger partial charge is 0.352 e. The average molecular weight is 281 g/mol. The molecule has 0 radical (unpaired) electrons. The van der Waals surface area contributed by atoms with Gasteiger partial charge in [0, 0.05) is 17.4 Å². The molecule has 0 saturated heterocycles. The van der Waals surface area contributed by atoms with Gasteiger partial charge < -0.3 is 5.32 Å². The van der Waals surface area contributed by atoms with Crippen LogP contribution in [0, 0.1) is 18.3 Å². The van der Waals surface area contributed by atoms with E-state index in [1.165, 1.54) is 0 Å². The fraction of sp³-hybridized carbons (Fsp3) is 0.333. The predicted molar refractivity (Wildman–Crippen MR) is 66.1 cm³/mol. The van der Waals surface area contributed by atoms with Crippen LogP contribution in [0.4, 0.5) is 0 Å². The number of carbonyl (C=O) groups excluding carboxylic acids is 1. The number of hydrogen-bond donors (Lipinski definition) is 1. The van der Waals surface area contributed by atoms with Crippen molar-refractivity contribution in [3.8, 4) is 6.07 Å². The minimum atomic E-state index is -0.107. The Morgan fingerprint density at radius 3 is 2.94 bits per heavy atom. The number of rotatable bonds is 4. The molecule has 3 nitrogen and oxygen atoms in total. The van der Waals surface area contributed by atoms with Crippen molar-refractivity contribution in [3.05, 3.63) is 33.8 Å². The number of carbonyl (C=O) groups is 1. The lowest BCUT2D eigenvalue weighted by Crippen LogP contribution is -2.24. The first-order chi connectivity index (χ1) is 7.65. The van der Waals surface area contributed by atoms with Crippen LogP contribution in [-0.2, 0) is 0 Å². The highest BCUT2D eigenvalue weighted by Crippen LogP contribution is 2.18. The van der Waals surface area contributed by atoms with Crippen LogP contribution in [0.5, 0.6) is 0 Å². The Morgan fingerprint density at radius 2 is 2.31 bits per heavy atom. The Hall–Kier alpha value is -1.34. The van der Waals surface area contributed by atoms with Crippen LogP contribution in [0.2, 0.25) is 0 Å². The fourth-order valence-corrected chi connectivity index (χ4v) is 1.94. The van der Waals surface area contributed by atoms with Crippen LogP contribution < -0.4 is 5.32 Å². The van der Waals surface area contributed by atoms with Crippen molar-refractivity contribution in [2.75, 3.05) is 6.54 Å². The summed E-state index contributed by atoms with van der Waals surface area (Å²) in [6.45, 7) is 2.51. The van der Waals surface area contributed by atoms with E-state index in [1.807, 2.05) is 25.1 Å². The molecule has 0 heterocycles. The van der Waals surface area contributed by atoms with Crippen molar-refractivity contribution >= 4 is 21.8 Å². The molecule has 16 heavy (non-hydrogen) atoms. The average Bonchev–Trinajstić information content (AvgIpc) is 2.24. The number of nitriles is 1. The van der Waals surface area contributed by atoms with E-state index in [1.54, 1.807) is 6.07 Å². The molecule has 0 aliphatic rings. The molecule has 1 rings (SSSR count). The highest BCUT2D eigenvalue weighted by Gasteiger charge is 2.08. The number of halogens is 1. The molecular weight excluding hydrogens is 268 g/mol. The Labute approximate surface area is 104 Å². The summed E-state index contributed by atoms with van der Waals surface area (Å²) in [7, 11) is 0. The highest BCUT2D eigenvalue weighted by atomic mass is 79.9. The first kappa shape index (κ1) is 12.7. The standard InChI is InChI=1S/C12H13BrN2O/c1-9-4-5-10(11(13)8-9)12(16)15-7-3-2-6-14/h4-5,8H,2-3,7H2,1H3,(H,15,16). The number of unbranched alkanes of at least 4 members (excludes halogenated alkanes) is 1. The van der Waals surface area contributed by atoms with E-state index in [-0.39, 0.29) is 5.91 Å². The summed E-state index contributed by atoms with van der Waals surface area (Å²) in [5.74, 6) is -0.107. The smallest absolute Gasteiger partial charge is 0.252 e. The topological polar surface area (TPSA) is 52.9 Å². The molecular formula is C12H13BrN2O. The van der Waals surface area contributed by atoms with Gasteiger partial charge in [-0.3, -0.25) is 4.79 Å². The van der Waals surface area contributed by atoms with E-state index < -0.39 is 0 Å². The number of hydrogen-bond acceptors (Lipinski definition) is 2. The van der Waals surface area contributed by atoms with Crippen molar-refractivity contribution in [1.29, 1.82) is 5.26 Å². The normalized spacial score (nSPS) is 9.56. The quantitative estimate of drug-likeness (QED) is 0.863. The molecule has 0 aliphatic heterocycles. The third kappa shape index (κ3) is 3.67. The van der Waals surface area contributed by atoms with Crippen LogP contribution >= 0.6 is 15.9 Å². The highest BCUT2D eigenvalue weighted by molar-refractivity contribution is 9.10. The predicted octanol–water partition coefficient (Wildman–Crippen LogP) is 2.79. The van der Waals surface area contributed by atoms with E-state index in [4.69, 9.17) is 5.26 Å². The van der Waals surface area contributed by atoms with Crippen LogP contribution in [-0.4, -0.2) is 12.5 Å². The van der Waals surface area contributed by atoms with Gasteiger partial charge in [0.15, 0.2) is 0 Å². The van der Waals surface area contributed by atoms with Crippen molar-refractivity contribution in [2.24, 2.45) is 0 Å². The lowest BCUT2D eigenvalue weighted by molar-refractivity contribution is 0.0952. The maximum Gasteiger partial charge on any atom is 0.252 e. The molecule has 1 amide bonds. The molecule has 84 valence electrons. The van der Waals surface area contributed by atoms with Crippen LogP contribution in [0.3, 0.4) is 0 Å². The minimum Gasteiger partial charge on any atom is -0.352 e. The van der Waals surface area contributed by atoms with Gasteiger partial charge in [-0.15, -0.1) is 0 Å². The molecule has 0 saturated carbocycles. The summed E-state index contributed by atoms with van der Waals surface area (Å²) in [5, 5.41) is 11.1. The molecule has 1 aromatic carbocycles. The third-order valence-corrected chi connectivity index (χ3v) is 2.78. The molecule has 4 heteroatoms. The van der Waals surface area contributed by atoms with Gasteiger partial charge in [0.1, 0.15) is 0 Å². The summed E-state index contributed by atoms with van der Waals surface area (Å²) in [6, 6.07) is 7.63. The molecule has 0 fully saturated rings. The van der Waals surface area contributed by atoms with Gasteiger partial charge in [-0.1, -0.05) is 6.07 Å². The van der Waals surface area contributed by atoms with E-state index >= 15 is 0 Å². The molecule has 0 aliphatic carbocycles. The van der Waals surface area contributed by atoms with E-state index in [0.717, 1.165) is 10.0 Å². The number of benzene rings is 1. The van der Waals surface area contributed by atoms with Crippen molar-refractivity contribution in [2.45, 2.75) is 19.8 Å². The van der Waals surface area contributed by atoms with Crippen molar-refractivity contribution in [1.82, 2.24) is 5.32 Å². The Bertz CT molecular complexity index is 424. The Morgan fingerprint density at radius 1 is 1.56 bits per heavy atom. The molecule has 0 spiro atoms. The zero-order chi connectivity index (χ0) is 12.0. The number of aryl methyl sites for hydroxylation is 1. The van der Waals surface area contributed by atoms with Crippen molar-refractivity contribution in [3.63, 3.8) is 0 Å². The molecule has 0 aromatic heterocycles. The summed E-state index contributed by atoms with van der Waals surface area (Å²) in [4.78, 5) is 11.7. The second-order valence-corrected chi connectivity index (χ2v) is 4.36. The van der Waals surface area contributed by atoms with Gasteiger partial charge in [-0.05, 0) is 47.0 Å². The number of nitrogens with one attached hydrogen (secondary N) is 1. The second-order valence-electron chi connectivity index (χ2n) is 3.50. The summed E-state index contributed by atoms with van der Waals surface area (Å²) >= 11 is 3.36. The van der Waals surface area contributed by atoms with Gasteiger partial charge in [0.05, 0.1) is 11.6 Å². The lowest BCUT2D eigenvalue weighted by Gasteiger charge is -2.06. The van der Waals surface area contributed by atoms with Crippen LogP contribution in [0.25, 0.3) is 0 Å². The Kier molecular flexibility index (Phi) is 5.00. The molecule has 0 unspecified atom stereocenters. The van der Waals surface area contributed by atoms with E-state index in [0.29, 0.717) is 24.9 Å². The monoisotopic (exact) mass is 280 g/mol. The molecule has 0 atom stereocenters. The molecule has 1 aromatic rings. The van der Waals surface area contributed by atoms with Gasteiger partial charge in [-0.2, -0.15) is 5.26 Å². The zero-order valence-corrected chi connectivity index (χ0v) is 10.7. The van der Waals surface area contributed by atoms with E-state index in [2.05, 4.69) is 21.2 Å². The lowest BCUT2D eigenvalue weighted by atomic mass is 10.1. The van der Waals surface area contributed by atoms with Gasteiger partial charge in [-0.25, -0.2) is 0 Å². The Balaban J connectivity index is 2.57. The summed E-state index contributed by atoms with van der Waals surface area (Å²) < 4.78 is 0.797. The van der Waals surface area contributed by atoms with E-state index in [9.17, 15) is 4.79 Å². The maximum absolute atomic E-state index is 11.7. The minimum absolute atomic E-state index is 0.107. The second kappa shape index (κ2) is 6.29. The fourth-order valence-electron chi connectivity index (χ4n) is 1.27. The van der Waals surface area contributed by atoms with Crippen molar-refractivity contribution < 1.29 is 4.79 Å². The van der Waals surface area contributed by atoms with Crippen LogP contribution in [0.15, 0.2) is 22.7 Å². The van der Waals surface area contributed by atoms with Crippen LogP contribution in [0.1, 0.15) is 28.8 Å². The summed E-state index contributed by atoms with van der Waals surface area (Å²) in [5.41, 5.74) is 1.73. The SMILES string of the molecule is Cc1ccc(C(=O)NCCCC#N)c(Br)c1. The zero-order valence-electron chi connectivity index (χ0n) is 9.09. The van der Waals surface area contributed by atoms with Gasteiger partial charge >= 0.3 is 0 Å². The third-order valence-electron chi connectivity index (χ3n) is 2.12. The number of amides is 1. The summed E-state index contributed by atoms with van der Waals surface area (Å²) in [6.07, 6.45) is 1.15. The number of nitrogens with zero attached hydrogens (tertiary/aromatic N) is 1. The van der Waals surface area contributed by atoms with Gasteiger partial charge in [0.2, 0.25) is 0 Å². The first-order valence-corrected chi connectivity index (χ1v) is 5.85. The maximum atomic E-state index is 11.7. The molecule has 0 bridgehead atoms.